The number of nitrogens with one attached hydrogen (secondary N) is 2. The molecule has 12 heteroatoms. The molecular formula is C30H28N4O8. The van der Waals surface area contributed by atoms with Crippen molar-refractivity contribution in [3.05, 3.63) is 76.2 Å². The van der Waals surface area contributed by atoms with Crippen LogP contribution in [0.25, 0.3) is 17.0 Å². The maximum Gasteiger partial charge on any atom is 0.255 e. The van der Waals surface area contributed by atoms with E-state index in [0.29, 0.717) is 17.2 Å². The van der Waals surface area contributed by atoms with E-state index in [1.165, 1.54) is 0 Å². The lowest BCUT2D eigenvalue weighted by molar-refractivity contribution is -0.160. The Kier molecular flexibility index (Phi) is 6.03. The monoisotopic (exact) mass is 572 g/mol. The van der Waals surface area contributed by atoms with Crippen LogP contribution in [0.2, 0.25) is 0 Å². The van der Waals surface area contributed by atoms with Gasteiger partial charge in [-0.3, -0.25) is 14.4 Å². The summed E-state index contributed by atoms with van der Waals surface area (Å²) in [5.41, 5.74) is 3.72. The van der Waals surface area contributed by atoms with Crippen LogP contribution in [0.3, 0.4) is 0 Å². The summed E-state index contributed by atoms with van der Waals surface area (Å²) in [4.78, 5) is 45.9. The summed E-state index contributed by atoms with van der Waals surface area (Å²) in [6, 6.07) is 12.6. The molecule has 5 atom stereocenters. The molecule has 42 heavy (non-hydrogen) atoms. The number of nitrogens with zero attached hydrogens (tertiary/aromatic N) is 1. The molecule has 2 aromatic carbocycles. The average molecular weight is 573 g/mol. The number of Topliss-reactive ketones (excluding diaryl/α,β-unsaturated/α-hetero) is 2. The summed E-state index contributed by atoms with van der Waals surface area (Å²) in [6.45, 7) is 3.51. The molecule has 3 aromatic rings. The van der Waals surface area contributed by atoms with Crippen LogP contribution >= 0.6 is 0 Å². The zero-order valence-electron chi connectivity index (χ0n) is 22.5. The number of primary amides is 1. The van der Waals surface area contributed by atoms with Crippen LogP contribution in [0.1, 0.15) is 36.1 Å². The minimum absolute atomic E-state index is 0.113. The number of aromatic nitrogens is 2. The lowest BCUT2D eigenvalue weighted by Crippen LogP contribution is -2.63. The summed E-state index contributed by atoms with van der Waals surface area (Å²) >= 11 is 0. The Morgan fingerprint density at radius 1 is 1.12 bits per heavy atom. The van der Waals surface area contributed by atoms with Crippen molar-refractivity contribution < 1.29 is 39.9 Å². The number of fused-ring (bicyclic) bond motifs is 3. The van der Waals surface area contributed by atoms with E-state index in [2.05, 4.69) is 15.3 Å². The number of anilines is 2. The van der Waals surface area contributed by atoms with Crippen molar-refractivity contribution in [2.75, 3.05) is 5.32 Å². The fraction of sp³-hybridized carbons (Fsp3) is 0.267. The maximum atomic E-state index is 13.8. The Bertz CT molecular complexity index is 1760. The van der Waals surface area contributed by atoms with Crippen LogP contribution in [0.4, 0.5) is 11.6 Å². The Morgan fingerprint density at radius 3 is 2.48 bits per heavy atom. The molecule has 1 fully saturated rings. The molecule has 0 spiro atoms. The van der Waals surface area contributed by atoms with Crippen LogP contribution in [0.15, 0.2) is 59.4 Å². The third-order valence-corrected chi connectivity index (χ3v) is 8.69. The van der Waals surface area contributed by atoms with Crippen LogP contribution < -0.4 is 11.1 Å². The number of rotatable bonds is 4. The number of imidazole rings is 1. The largest absolute Gasteiger partial charge is 0.508 e. The first-order valence-electron chi connectivity index (χ1n) is 13.3. The van der Waals surface area contributed by atoms with Gasteiger partial charge in [0.25, 0.3) is 5.91 Å². The zero-order valence-corrected chi connectivity index (χ0v) is 22.5. The number of nitrogens with two attached hydrogens (primary N) is 1. The minimum Gasteiger partial charge on any atom is -0.508 e. The first kappa shape index (κ1) is 27.2. The number of aliphatic hydroxyl groups is 4. The van der Waals surface area contributed by atoms with Crippen LogP contribution in [0.5, 0.6) is 5.75 Å². The number of hydrogen-bond donors (Lipinski definition) is 8. The molecule has 1 saturated carbocycles. The van der Waals surface area contributed by atoms with Crippen LogP contribution in [0, 0.1) is 18.8 Å². The molecule has 0 unspecified atom stereocenters. The molecule has 3 aliphatic rings. The number of carbonyl (C=O) groups is 3. The van der Waals surface area contributed by atoms with Gasteiger partial charge >= 0.3 is 0 Å². The third-order valence-electron chi connectivity index (χ3n) is 8.69. The fourth-order valence-electron chi connectivity index (χ4n) is 6.62. The number of benzene rings is 2. The predicted octanol–water partition coefficient (Wildman–Crippen LogP) is 2.40. The van der Waals surface area contributed by atoms with Crippen molar-refractivity contribution in [2.24, 2.45) is 17.6 Å². The first-order valence-corrected chi connectivity index (χ1v) is 13.3. The highest BCUT2D eigenvalue weighted by atomic mass is 16.4. The van der Waals surface area contributed by atoms with Gasteiger partial charge in [-0.2, -0.15) is 0 Å². The third kappa shape index (κ3) is 3.62. The van der Waals surface area contributed by atoms with E-state index in [1.54, 1.807) is 19.1 Å². The van der Waals surface area contributed by atoms with Crippen molar-refractivity contribution in [3.63, 3.8) is 0 Å². The van der Waals surface area contributed by atoms with Gasteiger partial charge in [0.1, 0.15) is 22.8 Å². The lowest BCUT2D eigenvalue weighted by Gasteiger charge is -2.50. The van der Waals surface area contributed by atoms with E-state index in [4.69, 9.17) is 5.73 Å². The Labute approximate surface area is 238 Å². The lowest BCUT2D eigenvalue weighted by atomic mass is 9.55. The van der Waals surface area contributed by atoms with Gasteiger partial charge < -0.3 is 41.6 Å². The summed E-state index contributed by atoms with van der Waals surface area (Å²) in [6.07, 6.45) is -2.21. The van der Waals surface area contributed by atoms with Gasteiger partial charge in [0.2, 0.25) is 11.7 Å². The van der Waals surface area contributed by atoms with Gasteiger partial charge in [-0.1, -0.05) is 43.3 Å². The highest BCUT2D eigenvalue weighted by molar-refractivity contribution is 6.23. The Morgan fingerprint density at radius 2 is 1.81 bits per heavy atom. The quantitative estimate of drug-likeness (QED) is 0.168. The van der Waals surface area contributed by atoms with E-state index in [1.807, 2.05) is 37.3 Å². The Hall–Kier alpha value is -4.94. The molecule has 0 saturated heterocycles. The van der Waals surface area contributed by atoms with Gasteiger partial charge in [0.15, 0.2) is 11.4 Å². The van der Waals surface area contributed by atoms with Gasteiger partial charge in [-0.05, 0) is 24.5 Å². The summed E-state index contributed by atoms with van der Waals surface area (Å²) in [7, 11) is 0. The van der Waals surface area contributed by atoms with Gasteiger partial charge in [0.05, 0.1) is 23.0 Å². The second-order valence-electron chi connectivity index (χ2n) is 11.0. The number of aryl methyl sites for hydroxylation is 1. The summed E-state index contributed by atoms with van der Waals surface area (Å²) in [5, 5.41) is 59.3. The summed E-state index contributed by atoms with van der Waals surface area (Å²) in [5.74, 6) is -8.83. The number of hydrogen-bond acceptors (Lipinski definition) is 10. The van der Waals surface area contributed by atoms with E-state index < -0.39 is 81.8 Å². The number of ketones is 2. The van der Waals surface area contributed by atoms with Crippen LogP contribution in [-0.2, 0) is 14.4 Å². The highest BCUT2D eigenvalue weighted by Crippen LogP contribution is 2.56. The number of aromatic hydroxyl groups is 1. The number of carbonyl (C=O) groups excluding carboxylic acids is 3. The first-order chi connectivity index (χ1) is 19.9. The van der Waals surface area contributed by atoms with E-state index in [-0.39, 0.29) is 11.3 Å². The second kappa shape index (κ2) is 9.29. The van der Waals surface area contributed by atoms with Gasteiger partial charge in [-0.15, -0.1) is 0 Å². The standard InChI is InChI=1S/C30H28N4O8/c1-11-14-8-9-16(33-29-32-12(2)22(34-29)13-6-4-3-5-7-13)24(37)19(14)25(38)21-18(11)23(36)15-10-17(35)20(28(31)41)26(39)30(15,42)27(21)40/h3-9,11,15,18,23,36-39,42H,10H2,1-2H3,(H2,31,41)(H2,32,33,34)/t11-,15+,18+,23+,30+/m0/s1. The number of aliphatic hydroxyl groups excluding tert-OH is 3. The fourth-order valence-corrected chi connectivity index (χ4v) is 6.62. The topological polar surface area (TPSA) is 219 Å². The number of aromatic amines is 1. The van der Waals surface area contributed by atoms with Crippen molar-refractivity contribution in [1.82, 2.24) is 9.97 Å². The van der Waals surface area contributed by atoms with Crippen molar-refractivity contribution in [3.8, 4) is 17.0 Å². The summed E-state index contributed by atoms with van der Waals surface area (Å²) < 4.78 is 0. The number of amides is 1. The minimum atomic E-state index is -2.89. The normalized spacial score (nSPS) is 27.0. The molecule has 1 heterocycles. The van der Waals surface area contributed by atoms with Crippen molar-refractivity contribution in [2.45, 2.75) is 37.9 Å². The molecule has 1 amide bonds. The Balaban J connectivity index is 1.45. The highest BCUT2D eigenvalue weighted by Gasteiger charge is 2.64. The second-order valence-corrected chi connectivity index (χ2v) is 11.0. The van der Waals surface area contributed by atoms with Crippen LogP contribution in [-0.4, -0.2) is 64.7 Å². The molecule has 9 N–H and O–H groups in total. The van der Waals surface area contributed by atoms with Gasteiger partial charge in [-0.25, -0.2) is 4.98 Å². The molecule has 6 rings (SSSR count). The molecule has 1 aromatic heterocycles. The van der Waals surface area contributed by atoms with Crippen molar-refractivity contribution in [1.29, 1.82) is 0 Å². The van der Waals surface area contributed by atoms with E-state index in [0.717, 1.165) is 11.3 Å². The molecular weight excluding hydrogens is 544 g/mol. The van der Waals surface area contributed by atoms with Gasteiger partial charge in [0, 0.05) is 35.1 Å². The molecule has 0 bridgehead atoms. The SMILES string of the molecule is Cc1[nH]c(Nc2ccc3c(c2O)C(O)=C2C(=O)[C@]4(O)C(O)=C(C(N)=O)C(=O)C[C@@H]4[C@@H](O)[C@@H]2[C@H]3C)nc1-c1ccccc1. The molecule has 3 aliphatic carbocycles. The number of phenolic OH excluding ortho intramolecular Hbond substituents is 1. The zero-order chi connectivity index (χ0) is 30.2. The van der Waals surface area contributed by atoms with Crippen molar-refractivity contribution >= 4 is 34.9 Å². The smallest absolute Gasteiger partial charge is 0.255 e. The van der Waals surface area contributed by atoms with E-state index >= 15 is 0 Å². The molecule has 0 radical (unpaired) electrons. The molecule has 0 aliphatic heterocycles. The number of phenols is 1. The predicted molar refractivity (Wildman–Crippen MR) is 150 cm³/mol. The molecule has 216 valence electrons. The number of H-pyrrole nitrogens is 1. The van der Waals surface area contributed by atoms with E-state index in [9.17, 15) is 39.9 Å². The average Bonchev–Trinajstić information content (AvgIpc) is 3.32. The maximum absolute atomic E-state index is 13.8. The molecule has 12 nitrogen and oxygen atoms in total.